The van der Waals surface area contributed by atoms with Crippen LogP contribution in [0.2, 0.25) is 0 Å². The number of aryl methyl sites for hydroxylation is 1. The lowest BCUT2D eigenvalue weighted by atomic mass is 10.1. The van der Waals surface area contributed by atoms with Crippen LogP contribution >= 0.6 is 24.0 Å². The van der Waals surface area contributed by atoms with Crippen molar-refractivity contribution in [2.24, 2.45) is 4.99 Å². The largest absolute Gasteiger partial charge is 0.350 e. The fraction of sp³-hybridized carbons (Fsp3) is 0.471. The van der Waals surface area contributed by atoms with E-state index in [2.05, 4.69) is 37.0 Å². The Kier molecular flexibility index (Phi) is 7.65. The van der Waals surface area contributed by atoms with Gasteiger partial charge in [0, 0.05) is 12.6 Å². The zero-order chi connectivity index (χ0) is 17.7. The molecular weight excluding hydrogens is 431 g/mol. The van der Waals surface area contributed by atoms with Crippen LogP contribution in [0, 0.1) is 6.92 Å². The van der Waals surface area contributed by atoms with Crippen molar-refractivity contribution >= 4 is 46.9 Å². The quantitative estimate of drug-likeness (QED) is 0.321. The molecule has 0 unspecified atom stereocenters. The van der Waals surface area contributed by atoms with Crippen LogP contribution in [0.15, 0.2) is 23.2 Å². The summed E-state index contributed by atoms with van der Waals surface area (Å²) in [7, 11) is 1.67. The monoisotopic (exact) mass is 458 g/mol. The molecule has 1 amide bonds. The Hall–Kier alpha value is -1.84. The molecule has 4 N–H and O–H groups in total. The number of guanidine groups is 1. The first-order valence-electron chi connectivity index (χ1n) is 7.97. The van der Waals surface area contributed by atoms with Gasteiger partial charge in [-0.25, -0.2) is 4.98 Å². The third-order valence-electron chi connectivity index (χ3n) is 3.26. The summed E-state index contributed by atoms with van der Waals surface area (Å²) in [5.41, 5.74) is 2.89. The number of nitrogens with zero attached hydrogens (tertiary/aromatic N) is 2. The normalized spacial score (nSPS) is 11.8. The first kappa shape index (κ1) is 21.2. The molecule has 138 valence electrons. The molecule has 2 rings (SSSR count). The van der Waals surface area contributed by atoms with E-state index in [0.717, 1.165) is 16.9 Å². The molecule has 0 spiro atoms. The van der Waals surface area contributed by atoms with E-state index in [1.54, 1.807) is 7.05 Å². The lowest BCUT2D eigenvalue weighted by molar-refractivity contribution is -0.121. The number of nitrogens with one attached hydrogen (secondary N) is 4. The maximum atomic E-state index is 11.8. The molecular formula is C17H27IN6O. The van der Waals surface area contributed by atoms with Crippen LogP contribution < -0.4 is 16.0 Å². The highest BCUT2D eigenvalue weighted by molar-refractivity contribution is 14.0. The summed E-state index contributed by atoms with van der Waals surface area (Å²) in [5, 5.41) is 9.03. The summed E-state index contributed by atoms with van der Waals surface area (Å²) < 4.78 is 0. The number of halogens is 1. The van der Waals surface area contributed by atoms with E-state index < -0.39 is 0 Å². The molecule has 0 saturated heterocycles. The Morgan fingerprint density at radius 3 is 2.64 bits per heavy atom. The zero-order valence-corrected chi connectivity index (χ0v) is 17.7. The molecule has 0 aliphatic rings. The van der Waals surface area contributed by atoms with Gasteiger partial charge in [0.15, 0.2) is 5.96 Å². The van der Waals surface area contributed by atoms with Crippen molar-refractivity contribution in [3.63, 3.8) is 0 Å². The van der Waals surface area contributed by atoms with Crippen LogP contribution in [0.25, 0.3) is 11.0 Å². The van der Waals surface area contributed by atoms with Crippen molar-refractivity contribution in [3.05, 3.63) is 29.6 Å². The third-order valence-corrected chi connectivity index (χ3v) is 3.26. The van der Waals surface area contributed by atoms with Gasteiger partial charge in [-0.05, 0) is 45.4 Å². The number of amides is 1. The Labute approximate surface area is 165 Å². The van der Waals surface area contributed by atoms with Gasteiger partial charge in [0.2, 0.25) is 5.91 Å². The number of H-pyrrole nitrogens is 1. The van der Waals surface area contributed by atoms with Crippen molar-refractivity contribution in [1.82, 2.24) is 25.9 Å². The van der Waals surface area contributed by atoms with Crippen molar-refractivity contribution in [3.8, 4) is 0 Å². The lowest BCUT2D eigenvalue weighted by Gasteiger charge is -2.21. The molecule has 0 fully saturated rings. The van der Waals surface area contributed by atoms with E-state index in [1.807, 2.05) is 39.8 Å². The molecule has 0 bridgehead atoms. The molecule has 0 radical (unpaired) electrons. The second-order valence-corrected chi connectivity index (χ2v) is 6.78. The van der Waals surface area contributed by atoms with Gasteiger partial charge >= 0.3 is 0 Å². The number of hydrogen-bond donors (Lipinski definition) is 4. The van der Waals surface area contributed by atoms with Gasteiger partial charge in [0.1, 0.15) is 5.82 Å². The summed E-state index contributed by atoms with van der Waals surface area (Å²) in [6, 6.07) is 6.10. The van der Waals surface area contributed by atoms with Crippen molar-refractivity contribution in [1.29, 1.82) is 0 Å². The summed E-state index contributed by atoms with van der Waals surface area (Å²) in [6.45, 7) is 8.54. The summed E-state index contributed by atoms with van der Waals surface area (Å²) in [4.78, 5) is 23.7. The van der Waals surface area contributed by atoms with Crippen LogP contribution in [0.5, 0.6) is 0 Å². The van der Waals surface area contributed by atoms with E-state index in [0.29, 0.717) is 12.5 Å². The molecule has 0 aliphatic carbocycles. The van der Waals surface area contributed by atoms with E-state index in [1.165, 1.54) is 5.56 Å². The number of imidazole rings is 1. The SMILES string of the molecule is CN=C(NCC(=O)NC(C)(C)C)NCc1nc2ccc(C)cc2[nH]1.I. The van der Waals surface area contributed by atoms with Crippen molar-refractivity contribution in [2.45, 2.75) is 39.8 Å². The first-order chi connectivity index (χ1) is 11.3. The van der Waals surface area contributed by atoms with Gasteiger partial charge in [-0.15, -0.1) is 24.0 Å². The minimum Gasteiger partial charge on any atom is -0.350 e. The average molecular weight is 458 g/mol. The van der Waals surface area contributed by atoms with E-state index in [9.17, 15) is 4.79 Å². The van der Waals surface area contributed by atoms with Crippen molar-refractivity contribution < 1.29 is 4.79 Å². The van der Waals surface area contributed by atoms with Crippen LogP contribution in [0.4, 0.5) is 0 Å². The maximum Gasteiger partial charge on any atom is 0.239 e. The van der Waals surface area contributed by atoms with E-state index in [4.69, 9.17) is 0 Å². The highest BCUT2D eigenvalue weighted by Crippen LogP contribution is 2.12. The number of carbonyl (C=O) groups excluding carboxylic acids is 1. The molecule has 0 aliphatic heterocycles. The van der Waals surface area contributed by atoms with Gasteiger partial charge in [-0.1, -0.05) is 6.07 Å². The van der Waals surface area contributed by atoms with Gasteiger partial charge in [-0.2, -0.15) is 0 Å². The Balaban J connectivity index is 0.00000312. The number of hydrogen-bond acceptors (Lipinski definition) is 3. The molecule has 25 heavy (non-hydrogen) atoms. The minimum absolute atomic E-state index is 0. The Bertz CT molecular complexity index is 747. The number of rotatable bonds is 4. The topological polar surface area (TPSA) is 94.2 Å². The number of aliphatic imine (C=N–C) groups is 1. The number of aromatic nitrogens is 2. The van der Waals surface area contributed by atoms with Gasteiger partial charge in [0.25, 0.3) is 0 Å². The van der Waals surface area contributed by atoms with Crippen LogP contribution in [-0.4, -0.2) is 41.0 Å². The smallest absolute Gasteiger partial charge is 0.239 e. The summed E-state index contributed by atoms with van der Waals surface area (Å²) in [6.07, 6.45) is 0. The average Bonchev–Trinajstić information content (AvgIpc) is 2.87. The molecule has 2 aromatic rings. The van der Waals surface area contributed by atoms with Gasteiger partial charge < -0.3 is 20.9 Å². The molecule has 0 saturated carbocycles. The van der Waals surface area contributed by atoms with Crippen LogP contribution in [0.3, 0.4) is 0 Å². The van der Waals surface area contributed by atoms with Gasteiger partial charge in [-0.3, -0.25) is 9.79 Å². The summed E-state index contributed by atoms with van der Waals surface area (Å²) in [5.74, 6) is 1.29. The predicted octanol–water partition coefficient (Wildman–Crippen LogP) is 2.07. The highest BCUT2D eigenvalue weighted by atomic mass is 127. The standard InChI is InChI=1S/C17H26N6O.HI/c1-11-6-7-12-13(8-11)22-14(21-12)9-19-16(18-5)20-10-15(24)23-17(2,3)4;/h6-8H,9-10H2,1-5H3,(H,21,22)(H,23,24)(H2,18,19,20);1H. The fourth-order valence-electron chi connectivity index (χ4n) is 2.27. The maximum absolute atomic E-state index is 11.8. The number of benzene rings is 1. The first-order valence-corrected chi connectivity index (χ1v) is 7.97. The van der Waals surface area contributed by atoms with Crippen molar-refractivity contribution in [2.75, 3.05) is 13.6 Å². The Morgan fingerprint density at radius 1 is 1.28 bits per heavy atom. The second-order valence-electron chi connectivity index (χ2n) is 6.78. The molecule has 8 heteroatoms. The highest BCUT2D eigenvalue weighted by Gasteiger charge is 2.13. The molecule has 7 nitrogen and oxygen atoms in total. The van der Waals surface area contributed by atoms with Crippen LogP contribution in [0.1, 0.15) is 32.2 Å². The fourth-order valence-corrected chi connectivity index (χ4v) is 2.27. The molecule has 1 aromatic heterocycles. The molecule has 0 atom stereocenters. The zero-order valence-electron chi connectivity index (χ0n) is 15.4. The molecule has 1 aromatic carbocycles. The van der Waals surface area contributed by atoms with E-state index in [-0.39, 0.29) is 42.0 Å². The lowest BCUT2D eigenvalue weighted by Crippen LogP contribution is -2.48. The predicted molar refractivity (Wildman–Crippen MR) is 112 cm³/mol. The second kappa shape index (κ2) is 9.02. The number of carbonyl (C=O) groups is 1. The molecule has 1 heterocycles. The Morgan fingerprint density at radius 2 is 2.00 bits per heavy atom. The number of aromatic amines is 1. The minimum atomic E-state index is -0.248. The third kappa shape index (κ3) is 6.89. The van der Waals surface area contributed by atoms with E-state index >= 15 is 0 Å². The van der Waals surface area contributed by atoms with Crippen LogP contribution in [-0.2, 0) is 11.3 Å². The number of fused-ring (bicyclic) bond motifs is 1. The van der Waals surface area contributed by atoms with Gasteiger partial charge in [0.05, 0.1) is 24.1 Å². The summed E-state index contributed by atoms with van der Waals surface area (Å²) >= 11 is 0.